The fourth-order valence-corrected chi connectivity index (χ4v) is 3.72. The van der Waals surface area contributed by atoms with Crippen molar-refractivity contribution >= 4 is 15.9 Å². The van der Waals surface area contributed by atoms with Gasteiger partial charge in [-0.25, -0.2) is 13.1 Å². The molecule has 0 spiro atoms. The highest BCUT2D eigenvalue weighted by molar-refractivity contribution is 7.89. The molecular formula is C15H22N2O3S. The van der Waals surface area contributed by atoms with Crippen molar-refractivity contribution in [2.45, 2.75) is 44.0 Å². The first-order valence-corrected chi connectivity index (χ1v) is 8.84. The maximum absolute atomic E-state index is 12.6. The summed E-state index contributed by atoms with van der Waals surface area (Å²) in [4.78, 5) is 14.5. The molecule has 0 unspecified atom stereocenters. The molecule has 1 aliphatic heterocycles. The Kier molecular flexibility index (Phi) is 5.00. The quantitative estimate of drug-likeness (QED) is 0.925. The normalized spacial score (nSPS) is 19.5. The molecule has 1 aliphatic rings. The summed E-state index contributed by atoms with van der Waals surface area (Å²) in [6, 6.07) is 6.47. The van der Waals surface area contributed by atoms with Crippen LogP contribution < -0.4 is 4.72 Å². The Morgan fingerprint density at radius 1 is 1.38 bits per heavy atom. The minimum Gasteiger partial charge on any atom is -0.336 e. The average Bonchev–Trinajstić information content (AvgIpc) is 2.47. The number of nitrogens with zero attached hydrogens (tertiary/aromatic N) is 1. The second kappa shape index (κ2) is 6.58. The summed E-state index contributed by atoms with van der Waals surface area (Å²) < 4.78 is 26.5. The van der Waals surface area contributed by atoms with Crippen molar-refractivity contribution in [1.29, 1.82) is 0 Å². The molecule has 0 aromatic heterocycles. The molecule has 6 heteroatoms. The highest BCUT2D eigenvalue weighted by atomic mass is 32.2. The number of likely N-dealkylation sites (tertiary alicyclic amines) is 1. The minimum atomic E-state index is -3.53. The lowest BCUT2D eigenvalue weighted by atomic mass is 10.0. The molecule has 1 aromatic rings. The number of carbonyl (C=O) groups excluding carboxylic acids is 1. The maximum Gasteiger partial charge on any atom is 0.254 e. The van der Waals surface area contributed by atoms with Crippen molar-refractivity contribution in [1.82, 2.24) is 9.62 Å². The van der Waals surface area contributed by atoms with E-state index in [0.717, 1.165) is 25.8 Å². The molecular weight excluding hydrogens is 288 g/mol. The molecule has 2 rings (SSSR count). The highest BCUT2D eigenvalue weighted by Gasteiger charge is 2.25. The summed E-state index contributed by atoms with van der Waals surface area (Å²) in [5, 5.41) is 0. The van der Waals surface area contributed by atoms with Crippen LogP contribution in [0.15, 0.2) is 29.2 Å². The third-order valence-electron chi connectivity index (χ3n) is 3.79. The molecule has 1 N–H and O–H groups in total. The summed E-state index contributed by atoms with van der Waals surface area (Å²) in [5.41, 5.74) is 0.433. The Labute approximate surface area is 126 Å². The predicted molar refractivity (Wildman–Crippen MR) is 81.7 cm³/mol. The monoisotopic (exact) mass is 310 g/mol. The Balaban J connectivity index is 2.26. The van der Waals surface area contributed by atoms with Gasteiger partial charge < -0.3 is 4.90 Å². The second-order valence-electron chi connectivity index (χ2n) is 5.37. The zero-order valence-electron chi connectivity index (χ0n) is 12.5. The van der Waals surface area contributed by atoms with E-state index in [-0.39, 0.29) is 16.8 Å². The van der Waals surface area contributed by atoms with Crippen LogP contribution in [0.4, 0.5) is 0 Å². The number of hydrogen-bond acceptors (Lipinski definition) is 3. The Bertz CT molecular complexity index is 613. The fourth-order valence-electron chi connectivity index (χ4n) is 2.64. The van der Waals surface area contributed by atoms with Crippen molar-refractivity contribution < 1.29 is 13.2 Å². The summed E-state index contributed by atoms with van der Waals surface area (Å²) >= 11 is 0. The molecule has 1 aromatic carbocycles. The molecule has 116 valence electrons. The van der Waals surface area contributed by atoms with Gasteiger partial charge in [0, 0.05) is 24.7 Å². The van der Waals surface area contributed by atoms with Crippen LogP contribution in [0.2, 0.25) is 0 Å². The maximum atomic E-state index is 12.6. The molecule has 1 heterocycles. The molecule has 0 radical (unpaired) electrons. The number of piperidine rings is 1. The van der Waals surface area contributed by atoms with Crippen molar-refractivity contribution in [3.8, 4) is 0 Å². The zero-order valence-corrected chi connectivity index (χ0v) is 13.3. The summed E-state index contributed by atoms with van der Waals surface area (Å²) in [7, 11) is -3.53. The van der Waals surface area contributed by atoms with E-state index >= 15 is 0 Å². The van der Waals surface area contributed by atoms with Gasteiger partial charge in [0.15, 0.2) is 0 Å². The molecule has 1 atom stereocenters. The molecule has 0 saturated carbocycles. The van der Waals surface area contributed by atoms with Crippen LogP contribution in [0.1, 0.15) is 43.5 Å². The lowest BCUT2D eigenvalue weighted by molar-refractivity contribution is 0.0635. The molecule has 1 fully saturated rings. The SMILES string of the molecule is CCNS(=O)(=O)c1cccc(C(=O)N2CCCC[C@H]2C)c1. The van der Waals surface area contributed by atoms with Crippen LogP contribution in [-0.2, 0) is 10.0 Å². The van der Waals surface area contributed by atoms with Gasteiger partial charge in [-0.3, -0.25) is 4.79 Å². The Morgan fingerprint density at radius 2 is 2.14 bits per heavy atom. The highest BCUT2D eigenvalue weighted by Crippen LogP contribution is 2.20. The molecule has 0 bridgehead atoms. The van der Waals surface area contributed by atoms with Gasteiger partial charge in [0.25, 0.3) is 5.91 Å². The van der Waals surface area contributed by atoms with E-state index in [1.54, 1.807) is 19.1 Å². The summed E-state index contributed by atoms with van der Waals surface area (Å²) in [5.74, 6) is -0.0873. The fraction of sp³-hybridized carbons (Fsp3) is 0.533. The van der Waals surface area contributed by atoms with E-state index in [0.29, 0.717) is 12.1 Å². The third-order valence-corrected chi connectivity index (χ3v) is 5.33. The van der Waals surface area contributed by atoms with Crippen LogP contribution in [0.5, 0.6) is 0 Å². The smallest absolute Gasteiger partial charge is 0.254 e. The minimum absolute atomic E-state index is 0.0873. The van der Waals surface area contributed by atoms with Crippen LogP contribution >= 0.6 is 0 Å². The van der Waals surface area contributed by atoms with E-state index in [1.165, 1.54) is 12.1 Å². The first-order chi connectivity index (χ1) is 9.95. The molecule has 1 saturated heterocycles. The van der Waals surface area contributed by atoms with Crippen molar-refractivity contribution in [3.63, 3.8) is 0 Å². The third kappa shape index (κ3) is 3.63. The number of amides is 1. The van der Waals surface area contributed by atoms with Gasteiger partial charge in [0.05, 0.1) is 4.90 Å². The van der Waals surface area contributed by atoms with E-state index < -0.39 is 10.0 Å². The summed E-state index contributed by atoms with van der Waals surface area (Å²) in [6.07, 6.45) is 3.15. The summed E-state index contributed by atoms with van der Waals surface area (Å²) in [6.45, 7) is 4.83. The van der Waals surface area contributed by atoms with E-state index in [2.05, 4.69) is 4.72 Å². The van der Waals surface area contributed by atoms with Gasteiger partial charge in [-0.15, -0.1) is 0 Å². The van der Waals surface area contributed by atoms with Crippen LogP contribution in [0, 0.1) is 0 Å². The van der Waals surface area contributed by atoms with Crippen molar-refractivity contribution in [3.05, 3.63) is 29.8 Å². The Hall–Kier alpha value is -1.40. The molecule has 21 heavy (non-hydrogen) atoms. The van der Waals surface area contributed by atoms with Gasteiger partial charge in [0.2, 0.25) is 10.0 Å². The largest absolute Gasteiger partial charge is 0.336 e. The van der Waals surface area contributed by atoms with Crippen LogP contribution in [0.3, 0.4) is 0 Å². The van der Waals surface area contributed by atoms with Crippen LogP contribution in [-0.4, -0.2) is 38.4 Å². The number of nitrogens with one attached hydrogen (secondary N) is 1. The molecule has 1 amide bonds. The number of hydrogen-bond donors (Lipinski definition) is 1. The topological polar surface area (TPSA) is 66.5 Å². The second-order valence-corrected chi connectivity index (χ2v) is 7.14. The molecule has 5 nitrogen and oxygen atoms in total. The van der Waals surface area contributed by atoms with Crippen molar-refractivity contribution in [2.24, 2.45) is 0 Å². The van der Waals surface area contributed by atoms with Crippen molar-refractivity contribution in [2.75, 3.05) is 13.1 Å². The van der Waals surface area contributed by atoms with Crippen LogP contribution in [0.25, 0.3) is 0 Å². The van der Waals surface area contributed by atoms with Gasteiger partial charge in [-0.2, -0.15) is 0 Å². The zero-order chi connectivity index (χ0) is 15.5. The number of carbonyl (C=O) groups is 1. The molecule has 0 aliphatic carbocycles. The van der Waals surface area contributed by atoms with Gasteiger partial charge in [-0.05, 0) is 44.4 Å². The average molecular weight is 310 g/mol. The van der Waals surface area contributed by atoms with E-state index in [4.69, 9.17) is 0 Å². The predicted octanol–water partition coefficient (Wildman–Crippen LogP) is 2.00. The van der Waals surface area contributed by atoms with Gasteiger partial charge >= 0.3 is 0 Å². The van der Waals surface area contributed by atoms with Gasteiger partial charge in [-0.1, -0.05) is 13.0 Å². The van der Waals surface area contributed by atoms with Gasteiger partial charge in [0.1, 0.15) is 0 Å². The Morgan fingerprint density at radius 3 is 2.81 bits per heavy atom. The first kappa shape index (κ1) is 16.0. The number of benzene rings is 1. The standard InChI is InChI=1S/C15H22N2O3S/c1-3-16-21(19,20)14-9-6-8-13(11-14)15(18)17-10-5-4-7-12(17)2/h6,8-9,11-12,16H,3-5,7,10H2,1-2H3/t12-/m1/s1. The number of sulfonamides is 1. The van der Waals surface area contributed by atoms with E-state index in [1.807, 2.05) is 11.8 Å². The lowest BCUT2D eigenvalue weighted by Gasteiger charge is -2.33. The van der Waals surface area contributed by atoms with E-state index in [9.17, 15) is 13.2 Å². The number of rotatable bonds is 4. The first-order valence-electron chi connectivity index (χ1n) is 7.36. The lowest BCUT2D eigenvalue weighted by Crippen LogP contribution is -2.42.